The predicted octanol–water partition coefficient (Wildman–Crippen LogP) is 4.04. The molecular formula is C18H24FNO4. The highest BCUT2D eigenvalue weighted by molar-refractivity contribution is 5.89. The molecular weight excluding hydrogens is 313 g/mol. The summed E-state index contributed by atoms with van der Waals surface area (Å²) >= 11 is 0. The van der Waals surface area contributed by atoms with Crippen LogP contribution in [0, 0.1) is 5.92 Å². The maximum absolute atomic E-state index is 15.0. The van der Waals surface area contributed by atoms with Crippen molar-refractivity contribution in [2.24, 2.45) is 5.92 Å². The number of rotatable bonds is 3. The Labute approximate surface area is 141 Å². The summed E-state index contributed by atoms with van der Waals surface area (Å²) in [6.45, 7) is 6.11. The molecule has 6 heteroatoms. The summed E-state index contributed by atoms with van der Waals surface area (Å²) in [4.78, 5) is 25.0. The first-order chi connectivity index (χ1) is 11.2. The number of carboxylic acid groups (broad SMARTS) is 1. The SMILES string of the molecule is CC(C)(C)OC(=O)N1CCCC(C(F)c2ccccc2C(=O)O)C1. The Balaban J connectivity index is 2.12. The second kappa shape index (κ2) is 7.20. The number of likely N-dealkylation sites (tertiary alicyclic amines) is 1. The Hall–Kier alpha value is -2.11. The summed E-state index contributed by atoms with van der Waals surface area (Å²) in [5.74, 6) is -1.58. The summed E-state index contributed by atoms with van der Waals surface area (Å²) < 4.78 is 20.3. The van der Waals surface area contributed by atoms with E-state index in [1.807, 2.05) is 0 Å². The number of alkyl halides is 1. The van der Waals surface area contributed by atoms with E-state index in [0.717, 1.165) is 0 Å². The van der Waals surface area contributed by atoms with Crippen LogP contribution in [0.5, 0.6) is 0 Å². The number of ether oxygens (including phenoxy) is 1. The highest BCUT2D eigenvalue weighted by atomic mass is 19.1. The van der Waals surface area contributed by atoms with Crippen molar-refractivity contribution < 1.29 is 23.8 Å². The van der Waals surface area contributed by atoms with Crippen LogP contribution >= 0.6 is 0 Å². The van der Waals surface area contributed by atoms with E-state index in [1.54, 1.807) is 32.9 Å². The summed E-state index contributed by atoms with van der Waals surface area (Å²) in [5.41, 5.74) is -0.463. The molecule has 2 atom stereocenters. The van der Waals surface area contributed by atoms with E-state index in [-0.39, 0.29) is 17.7 Å². The van der Waals surface area contributed by atoms with Crippen LogP contribution in [-0.4, -0.2) is 40.8 Å². The van der Waals surface area contributed by atoms with Crippen LogP contribution < -0.4 is 0 Å². The van der Waals surface area contributed by atoms with Gasteiger partial charge in [0.1, 0.15) is 11.8 Å². The fourth-order valence-electron chi connectivity index (χ4n) is 2.93. The fraction of sp³-hybridized carbons (Fsp3) is 0.556. The molecule has 1 fully saturated rings. The number of hydrogen-bond donors (Lipinski definition) is 1. The Kier molecular flexibility index (Phi) is 5.47. The van der Waals surface area contributed by atoms with Gasteiger partial charge < -0.3 is 14.7 Å². The van der Waals surface area contributed by atoms with Gasteiger partial charge in [-0.1, -0.05) is 18.2 Å². The molecule has 2 unspecified atom stereocenters. The Bertz CT molecular complexity index is 611. The molecule has 1 aliphatic rings. The number of piperidine rings is 1. The average molecular weight is 337 g/mol. The quantitative estimate of drug-likeness (QED) is 0.904. The molecule has 132 valence electrons. The van der Waals surface area contributed by atoms with Crippen molar-refractivity contribution in [3.63, 3.8) is 0 Å². The molecule has 1 amide bonds. The number of benzene rings is 1. The summed E-state index contributed by atoms with van der Waals surface area (Å²) in [6, 6.07) is 6.11. The smallest absolute Gasteiger partial charge is 0.410 e. The fourth-order valence-corrected chi connectivity index (χ4v) is 2.93. The molecule has 1 aliphatic heterocycles. The van der Waals surface area contributed by atoms with Crippen molar-refractivity contribution in [3.05, 3.63) is 35.4 Å². The molecule has 1 heterocycles. The molecule has 24 heavy (non-hydrogen) atoms. The van der Waals surface area contributed by atoms with Crippen molar-refractivity contribution in [3.8, 4) is 0 Å². The number of carbonyl (C=O) groups is 2. The molecule has 0 bridgehead atoms. The van der Waals surface area contributed by atoms with Gasteiger partial charge in [0, 0.05) is 24.6 Å². The van der Waals surface area contributed by atoms with Crippen LogP contribution in [-0.2, 0) is 4.74 Å². The highest BCUT2D eigenvalue weighted by Crippen LogP contribution is 2.35. The number of carbonyl (C=O) groups excluding carboxylic acids is 1. The minimum absolute atomic E-state index is 0.0283. The van der Waals surface area contributed by atoms with Crippen LogP contribution in [0.25, 0.3) is 0 Å². The van der Waals surface area contributed by atoms with Gasteiger partial charge in [0.15, 0.2) is 0 Å². The zero-order valence-electron chi connectivity index (χ0n) is 14.3. The van der Waals surface area contributed by atoms with Gasteiger partial charge in [-0.3, -0.25) is 0 Å². The first kappa shape index (κ1) is 18.2. The molecule has 2 rings (SSSR count). The van der Waals surface area contributed by atoms with Crippen molar-refractivity contribution >= 4 is 12.1 Å². The lowest BCUT2D eigenvalue weighted by Crippen LogP contribution is -2.43. The lowest BCUT2D eigenvalue weighted by Gasteiger charge is -2.35. The van der Waals surface area contributed by atoms with Gasteiger partial charge in [0.25, 0.3) is 0 Å². The third-order valence-corrected chi connectivity index (χ3v) is 4.01. The number of nitrogens with zero attached hydrogens (tertiary/aromatic N) is 1. The summed E-state index contributed by atoms with van der Waals surface area (Å²) in [5, 5.41) is 9.23. The topological polar surface area (TPSA) is 66.8 Å². The Morgan fingerprint density at radius 2 is 2.00 bits per heavy atom. The van der Waals surface area contributed by atoms with E-state index in [4.69, 9.17) is 4.74 Å². The van der Waals surface area contributed by atoms with Crippen molar-refractivity contribution in [1.82, 2.24) is 4.90 Å². The van der Waals surface area contributed by atoms with Crippen molar-refractivity contribution in [1.29, 1.82) is 0 Å². The van der Waals surface area contributed by atoms with Gasteiger partial charge in [-0.2, -0.15) is 0 Å². The normalized spacial score (nSPS) is 19.7. The lowest BCUT2D eigenvalue weighted by molar-refractivity contribution is 0.0108. The van der Waals surface area contributed by atoms with Gasteiger partial charge in [-0.05, 0) is 39.7 Å². The van der Waals surface area contributed by atoms with Crippen LogP contribution in [0.2, 0.25) is 0 Å². The standard InChI is InChI=1S/C18H24FNO4/c1-18(2,3)24-17(23)20-10-6-7-12(11-20)15(19)13-8-4-5-9-14(13)16(21)22/h4-5,8-9,12,15H,6-7,10-11H2,1-3H3,(H,21,22). The van der Waals surface area contributed by atoms with E-state index in [9.17, 15) is 19.1 Å². The summed E-state index contributed by atoms with van der Waals surface area (Å²) in [7, 11) is 0. The maximum Gasteiger partial charge on any atom is 0.410 e. The highest BCUT2D eigenvalue weighted by Gasteiger charge is 2.33. The number of aromatic carboxylic acids is 1. The van der Waals surface area contributed by atoms with Gasteiger partial charge >= 0.3 is 12.1 Å². The molecule has 0 saturated carbocycles. The average Bonchev–Trinajstić information content (AvgIpc) is 2.52. The van der Waals surface area contributed by atoms with Crippen LogP contribution in [0.3, 0.4) is 0 Å². The minimum Gasteiger partial charge on any atom is -0.478 e. The molecule has 1 N–H and O–H groups in total. The maximum atomic E-state index is 15.0. The Morgan fingerprint density at radius 1 is 1.33 bits per heavy atom. The zero-order chi connectivity index (χ0) is 17.9. The lowest BCUT2D eigenvalue weighted by atomic mass is 9.87. The largest absolute Gasteiger partial charge is 0.478 e. The van der Waals surface area contributed by atoms with Gasteiger partial charge in [0.05, 0.1) is 5.56 Å². The third-order valence-electron chi connectivity index (χ3n) is 4.01. The van der Waals surface area contributed by atoms with Crippen molar-refractivity contribution in [2.75, 3.05) is 13.1 Å². The third kappa shape index (κ3) is 4.46. The molecule has 0 aromatic heterocycles. The molecule has 1 aromatic rings. The van der Waals surface area contributed by atoms with E-state index >= 15 is 0 Å². The van der Waals surface area contributed by atoms with Crippen LogP contribution in [0.15, 0.2) is 24.3 Å². The van der Waals surface area contributed by atoms with E-state index < -0.39 is 29.8 Å². The molecule has 1 aromatic carbocycles. The number of carboxylic acids is 1. The first-order valence-corrected chi connectivity index (χ1v) is 8.13. The molecule has 0 radical (unpaired) electrons. The minimum atomic E-state index is -1.43. The molecule has 0 aliphatic carbocycles. The monoisotopic (exact) mass is 337 g/mol. The molecule has 5 nitrogen and oxygen atoms in total. The van der Waals surface area contributed by atoms with Crippen LogP contribution in [0.4, 0.5) is 9.18 Å². The van der Waals surface area contributed by atoms with E-state index in [2.05, 4.69) is 0 Å². The van der Waals surface area contributed by atoms with Gasteiger partial charge in [-0.15, -0.1) is 0 Å². The molecule has 0 spiro atoms. The summed E-state index contributed by atoms with van der Waals surface area (Å²) in [6.07, 6.45) is -0.609. The van der Waals surface area contributed by atoms with Gasteiger partial charge in [0.2, 0.25) is 0 Å². The number of halogens is 1. The van der Waals surface area contributed by atoms with Gasteiger partial charge in [-0.25, -0.2) is 14.0 Å². The van der Waals surface area contributed by atoms with Crippen molar-refractivity contribution in [2.45, 2.75) is 45.4 Å². The predicted molar refractivity (Wildman–Crippen MR) is 87.8 cm³/mol. The number of amides is 1. The zero-order valence-corrected chi connectivity index (χ0v) is 14.3. The van der Waals surface area contributed by atoms with E-state index in [0.29, 0.717) is 19.4 Å². The molecule has 1 saturated heterocycles. The van der Waals surface area contributed by atoms with E-state index in [1.165, 1.54) is 17.0 Å². The second-order valence-electron chi connectivity index (χ2n) is 7.12. The Morgan fingerprint density at radius 3 is 2.62 bits per heavy atom. The second-order valence-corrected chi connectivity index (χ2v) is 7.12. The van der Waals surface area contributed by atoms with Crippen LogP contribution in [0.1, 0.15) is 55.7 Å². The number of hydrogen-bond acceptors (Lipinski definition) is 3. The first-order valence-electron chi connectivity index (χ1n) is 8.13.